The Labute approximate surface area is 187 Å². The molecule has 0 heterocycles. The van der Waals surface area contributed by atoms with Crippen molar-refractivity contribution >= 4 is 11.8 Å². The molecule has 8 atom stereocenters. The molecule has 0 aromatic carbocycles. The van der Waals surface area contributed by atoms with E-state index >= 15 is 0 Å². The van der Waals surface area contributed by atoms with E-state index in [1.807, 2.05) is 13.0 Å². The summed E-state index contributed by atoms with van der Waals surface area (Å²) in [7, 11) is 0. The number of hydrogen-bond donors (Lipinski definition) is 0. The van der Waals surface area contributed by atoms with E-state index in [4.69, 9.17) is 4.74 Å². The summed E-state index contributed by atoms with van der Waals surface area (Å²) in [5.41, 5.74) is 1.84. The molecule has 0 spiro atoms. The van der Waals surface area contributed by atoms with Gasteiger partial charge in [-0.3, -0.25) is 9.59 Å². The highest BCUT2D eigenvalue weighted by molar-refractivity contribution is 5.91. The van der Waals surface area contributed by atoms with Crippen molar-refractivity contribution < 1.29 is 14.3 Å². The topological polar surface area (TPSA) is 67.2 Å². The molecule has 4 heteroatoms. The van der Waals surface area contributed by atoms with Gasteiger partial charge in [-0.1, -0.05) is 33.3 Å². The van der Waals surface area contributed by atoms with Gasteiger partial charge in [0, 0.05) is 18.8 Å². The maximum Gasteiger partial charge on any atom is 0.307 e. The molecule has 0 bridgehead atoms. The number of carbonyl (C=O) groups excluding carboxylic acids is 2. The molecule has 3 saturated carbocycles. The molecule has 0 saturated heterocycles. The van der Waals surface area contributed by atoms with Gasteiger partial charge in [-0.15, -0.1) is 0 Å². The lowest BCUT2D eigenvalue weighted by atomic mass is 9.46. The van der Waals surface area contributed by atoms with Crippen LogP contribution in [0, 0.1) is 51.8 Å². The van der Waals surface area contributed by atoms with E-state index < -0.39 is 6.10 Å². The van der Waals surface area contributed by atoms with E-state index in [-0.39, 0.29) is 22.7 Å². The lowest BCUT2D eigenvalue weighted by molar-refractivity contribution is -0.150. The van der Waals surface area contributed by atoms with E-state index in [2.05, 4.69) is 26.8 Å². The fourth-order valence-corrected chi connectivity index (χ4v) is 8.33. The first-order valence-electron chi connectivity index (χ1n) is 12.6. The van der Waals surface area contributed by atoms with Crippen LogP contribution in [0.5, 0.6) is 0 Å². The smallest absolute Gasteiger partial charge is 0.307 e. The molecule has 0 amide bonds. The molecule has 4 aliphatic carbocycles. The molecule has 3 fully saturated rings. The van der Waals surface area contributed by atoms with Gasteiger partial charge in [0.1, 0.15) is 6.07 Å². The normalized spacial score (nSPS) is 41.1. The van der Waals surface area contributed by atoms with Gasteiger partial charge < -0.3 is 4.74 Å². The molecule has 0 N–H and O–H groups in total. The number of nitriles is 1. The Morgan fingerprint density at radius 1 is 1.19 bits per heavy atom. The Kier molecular flexibility index (Phi) is 6.10. The minimum atomic E-state index is -0.639. The van der Waals surface area contributed by atoms with Crippen molar-refractivity contribution in [2.75, 3.05) is 0 Å². The Balaban J connectivity index is 1.53. The summed E-state index contributed by atoms with van der Waals surface area (Å²) in [4.78, 5) is 24.1. The number of fused-ring (bicyclic) bond motifs is 5. The molecule has 4 nitrogen and oxygen atoms in total. The van der Waals surface area contributed by atoms with Crippen LogP contribution in [0.3, 0.4) is 0 Å². The van der Waals surface area contributed by atoms with E-state index in [1.54, 1.807) is 0 Å². The van der Waals surface area contributed by atoms with Crippen molar-refractivity contribution in [2.45, 2.75) is 98.0 Å². The lowest BCUT2D eigenvalue weighted by Gasteiger charge is -2.58. The molecule has 0 radical (unpaired) electrons. The summed E-state index contributed by atoms with van der Waals surface area (Å²) in [6.45, 7) is 8.98. The first-order valence-corrected chi connectivity index (χ1v) is 12.6. The highest BCUT2D eigenvalue weighted by Gasteiger charge is 2.60. The van der Waals surface area contributed by atoms with E-state index in [0.29, 0.717) is 36.4 Å². The first kappa shape index (κ1) is 22.6. The van der Waals surface area contributed by atoms with E-state index in [1.165, 1.54) is 31.3 Å². The second-order valence-corrected chi connectivity index (χ2v) is 11.3. The minimum absolute atomic E-state index is 0.0688. The van der Waals surface area contributed by atoms with Gasteiger partial charge in [-0.25, -0.2) is 0 Å². The van der Waals surface area contributed by atoms with Crippen molar-refractivity contribution in [3.8, 4) is 6.07 Å². The van der Waals surface area contributed by atoms with Crippen molar-refractivity contribution in [2.24, 2.45) is 40.4 Å². The summed E-state index contributed by atoms with van der Waals surface area (Å²) in [6.07, 6.45) is 11.2. The standard InChI is InChI=1S/C27H39NO3/c1-5-6-25(30)31-24(16-28)17(2)21-9-10-22-20-8-7-18-15-19(29)11-13-26(18,3)23(20)12-14-27(21,22)4/h15,17,20-24H,5-14H2,1-4H3/t17-,20-,21+,22-,23-,24-,26-,27+/m0/s1. The van der Waals surface area contributed by atoms with Gasteiger partial charge in [0.25, 0.3) is 0 Å². The maximum atomic E-state index is 12.1. The average molecular weight is 426 g/mol. The predicted octanol–water partition coefficient (Wildman–Crippen LogP) is 6.01. The van der Waals surface area contributed by atoms with Crippen LogP contribution in [0.4, 0.5) is 0 Å². The second kappa shape index (κ2) is 8.38. The third-order valence-electron chi connectivity index (χ3n) is 9.99. The number of esters is 1. The number of ether oxygens (including phenoxy) is 1. The number of hydrogen-bond acceptors (Lipinski definition) is 4. The molecule has 170 valence electrons. The van der Waals surface area contributed by atoms with Crippen LogP contribution in [0.15, 0.2) is 11.6 Å². The fourth-order valence-electron chi connectivity index (χ4n) is 8.33. The molecule has 4 rings (SSSR count). The summed E-state index contributed by atoms with van der Waals surface area (Å²) >= 11 is 0. The van der Waals surface area contributed by atoms with E-state index in [9.17, 15) is 14.9 Å². The van der Waals surface area contributed by atoms with E-state index in [0.717, 1.165) is 31.6 Å². The summed E-state index contributed by atoms with van der Waals surface area (Å²) in [5.74, 6) is 2.66. The molecular weight excluding hydrogens is 386 g/mol. The van der Waals surface area contributed by atoms with Crippen molar-refractivity contribution in [3.05, 3.63) is 11.6 Å². The Bertz CT molecular complexity index is 810. The SMILES string of the molecule is CCCC(=O)O[C@@H](C#N)[C@@H](C)[C@H]1CC[C@H]2[C@@H]3CCC4=CC(=O)CC[C@]4(C)[C@H]3CC[C@]12C. The fraction of sp³-hybridized carbons (Fsp3) is 0.815. The quantitative estimate of drug-likeness (QED) is 0.506. The molecule has 4 aliphatic rings. The van der Waals surface area contributed by atoms with Crippen molar-refractivity contribution in [1.82, 2.24) is 0 Å². The predicted molar refractivity (Wildman–Crippen MR) is 120 cm³/mol. The molecular formula is C27H39NO3. The van der Waals surface area contributed by atoms with Crippen LogP contribution in [0.1, 0.15) is 91.9 Å². The van der Waals surface area contributed by atoms with Crippen molar-refractivity contribution in [1.29, 1.82) is 5.26 Å². The zero-order valence-electron chi connectivity index (χ0n) is 19.8. The second-order valence-electron chi connectivity index (χ2n) is 11.3. The van der Waals surface area contributed by atoms with Crippen LogP contribution in [-0.4, -0.2) is 17.9 Å². The zero-order valence-corrected chi connectivity index (χ0v) is 19.8. The third kappa shape index (κ3) is 3.66. The third-order valence-corrected chi connectivity index (χ3v) is 9.99. The van der Waals surface area contributed by atoms with Gasteiger partial charge in [0.2, 0.25) is 0 Å². The molecule has 0 aromatic heterocycles. The summed E-state index contributed by atoms with van der Waals surface area (Å²) < 4.78 is 5.60. The molecule has 0 unspecified atom stereocenters. The van der Waals surface area contributed by atoms with Crippen LogP contribution < -0.4 is 0 Å². The van der Waals surface area contributed by atoms with Gasteiger partial charge in [0.05, 0.1) is 0 Å². The summed E-state index contributed by atoms with van der Waals surface area (Å²) in [5, 5.41) is 9.77. The van der Waals surface area contributed by atoms with Gasteiger partial charge >= 0.3 is 5.97 Å². The lowest BCUT2D eigenvalue weighted by Crippen LogP contribution is -2.51. The number of ketones is 1. The Morgan fingerprint density at radius 2 is 1.97 bits per heavy atom. The van der Waals surface area contributed by atoms with Gasteiger partial charge in [-0.05, 0) is 91.9 Å². The van der Waals surface area contributed by atoms with Crippen LogP contribution >= 0.6 is 0 Å². The maximum absolute atomic E-state index is 12.1. The van der Waals surface area contributed by atoms with Crippen LogP contribution in [0.2, 0.25) is 0 Å². The van der Waals surface area contributed by atoms with Crippen LogP contribution in [0.25, 0.3) is 0 Å². The summed E-state index contributed by atoms with van der Waals surface area (Å²) in [6, 6.07) is 2.30. The Hall–Kier alpha value is -1.63. The highest BCUT2D eigenvalue weighted by Crippen LogP contribution is 2.67. The van der Waals surface area contributed by atoms with Crippen LogP contribution in [-0.2, 0) is 14.3 Å². The number of carbonyl (C=O) groups is 2. The highest BCUT2D eigenvalue weighted by atomic mass is 16.5. The minimum Gasteiger partial charge on any atom is -0.447 e. The molecule has 0 aliphatic heterocycles. The van der Waals surface area contributed by atoms with Gasteiger partial charge in [-0.2, -0.15) is 5.26 Å². The monoisotopic (exact) mass is 425 g/mol. The number of rotatable bonds is 5. The number of allylic oxidation sites excluding steroid dienone is 1. The first-order chi connectivity index (χ1) is 14.7. The number of nitrogens with zero attached hydrogens (tertiary/aromatic N) is 1. The molecule has 0 aromatic rings. The van der Waals surface area contributed by atoms with Crippen molar-refractivity contribution in [3.63, 3.8) is 0 Å². The average Bonchev–Trinajstić information content (AvgIpc) is 3.09. The molecule has 31 heavy (non-hydrogen) atoms. The Morgan fingerprint density at radius 3 is 2.68 bits per heavy atom. The van der Waals surface area contributed by atoms with Gasteiger partial charge in [0.15, 0.2) is 11.9 Å². The largest absolute Gasteiger partial charge is 0.447 e. The zero-order chi connectivity index (χ0) is 22.4.